The molecule has 0 spiro atoms. The summed E-state index contributed by atoms with van der Waals surface area (Å²) in [6.07, 6.45) is 4.56. The monoisotopic (exact) mass is 375 g/mol. The van der Waals surface area contributed by atoms with Gasteiger partial charge in [-0.15, -0.1) is 0 Å². The van der Waals surface area contributed by atoms with E-state index in [4.69, 9.17) is 14.2 Å². The van der Waals surface area contributed by atoms with E-state index < -0.39 is 0 Å². The zero-order valence-electron chi connectivity index (χ0n) is 16.6. The molecule has 1 aromatic rings. The van der Waals surface area contributed by atoms with Crippen LogP contribution in [0.25, 0.3) is 0 Å². The molecule has 1 atom stereocenters. The summed E-state index contributed by atoms with van der Waals surface area (Å²) in [7, 11) is 1.80. The average molecular weight is 376 g/mol. The van der Waals surface area contributed by atoms with E-state index in [2.05, 4.69) is 46.8 Å². The normalized spacial score (nSPS) is 24.1. The van der Waals surface area contributed by atoms with Gasteiger partial charge in [0.2, 0.25) is 0 Å². The number of hydrogen-bond acceptors (Lipinski definition) is 4. The molecular formula is C21H33N3O3. The molecule has 2 heterocycles. The van der Waals surface area contributed by atoms with Crippen LogP contribution in [-0.2, 0) is 27.4 Å². The fourth-order valence-electron chi connectivity index (χ4n) is 3.46. The van der Waals surface area contributed by atoms with Gasteiger partial charge in [0.25, 0.3) is 0 Å². The van der Waals surface area contributed by atoms with E-state index in [1.807, 2.05) is 0 Å². The summed E-state index contributed by atoms with van der Waals surface area (Å²) in [6.45, 7) is 6.82. The molecule has 2 N–H and O–H groups in total. The van der Waals surface area contributed by atoms with Crippen LogP contribution in [0.3, 0.4) is 0 Å². The van der Waals surface area contributed by atoms with E-state index in [0.717, 1.165) is 64.6 Å². The van der Waals surface area contributed by atoms with Gasteiger partial charge in [-0.2, -0.15) is 0 Å². The lowest BCUT2D eigenvalue weighted by molar-refractivity contribution is -0.0390. The van der Waals surface area contributed by atoms with Crippen LogP contribution in [0.5, 0.6) is 0 Å². The van der Waals surface area contributed by atoms with Crippen molar-refractivity contribution < 1.29 is 14.2 Å². The minimum Gasteiger partial charge on any atom is -0.381 e. The average Bonchev–Trinajstić information content (AvgIpc) is 3.15. The maximum atomic E-state index is 5.98. The van der Waals surface area contributed by atoms with Gasteiger partial charge in [-0.3, -0.25) is 4.99 Å². The third-order valence-corrected chi connectivity index (χ3v) is 5.29. The molecule has 0 amide bonds. The molecule has 1 unspecified atom stereocenters. The summed E-state index contributed by atoms with van der Waals surface area (Å²) in [5.41, 5.74) is 2.35. The van der Waals surface area contributed by atoms with Crippen molar-refractivity contribution in [1.82, 2.24) is 10.6 Å². The maximum Gasteiger partial charge on any atom is 0.191 e. The summed E-state index contributed by atoms with van der Waals surface area (Å²) in [5.74, 6) is 0.804. The van der Waals surface area contributed by atoms with Gasteiger partial charge in [-0.05, 0) is 43.7 Å². The van der Waals surface area contributed by atoms with Crippen molar-refractivity contribution in [2.75, 3.05) is 33.4 Å². The minimum absolute atomic E-state index is 0.0796. The van der Waals surface area contributed by atoms with E-state index >= 15 is 0 Å². The van der Waals surface area contributed by atoms with Crippen molar-refractivity contribution in [2.24, 2.45) is 4.99 Å². The third-order valence-electron chi connectivity index (χ3n) is 5.29. The van der Waals surface area contributed by atoms with Crippen LogP contribution in [-0.4, -0.2) is 51.1 Å². The lowest BCUT2D eigenvalue weighted by atomic mass is 10.0. The van der Waals surface area contributed by atoms with E-state index in [9.17, 15) is 0 Å². The van der Waals surface area contributed by atoms with Crippen LogP contribution in [0.15, 0.2) is 29.3 Å². The number of hydrogen-bond donors (Lipinski definition) is 2. The SMILES string of the molecule is CN=C(NCc1ccc(COC2CCOCC2)cc1)NCC1(C)CCCO1. The summed E-state index contributed by atoms with van der Waals surface area (Å²) in [5, 5.41) is 6.74. The Morgan fingerprint density at radius 1 is 1.15 bits per heavy atom. The molecule has 150 valence electrons. The fourth-order valence-corrected chi connectivity index (χ4v) is 3.46. The van der Waals surface area contributed by atoms with Gasteiger partial charge < -0.3 is 24.8 Å². The maximum absolute atomic E-state index is 5.98. The molecule has 6 heteroatoms. The largest absolute Gasteiger partial charge is 0.381 e. The van der Waals surface area contributed by atoms with Gasteiger partial charge in [-0.1, -0.05) is 24.3 Å². The first-order valence-electron chi connectivity index (χ1n) is 10.0. The van der Waals surface area contributed by atoms with Crippen LogP contribution in [0, 0.1) is 0 Å². The van der Waals surface area contributed by atoms with Crippen molar-refractivity contribution in [3.63, 3.8) is 0 Å². The number of rotatable bonds is 7. The van der Waals surface area contributed by atoms with Gasteiger partial charge in [0.1, 0.15) is 0 Å². The molecule has 0 bridgehead atoms. The van der Waals surface area contributed by atoms with E-state index in [-0.39, 0.29) is 5.60 Å². The predicted molar refractivity (Wildman–Crippen MR) is 107 cm³/mol. The van der Waals surface area contributed by atoms with Crippen LogP contribution < -0.4 is 10.6 Å². The van der Waals surface area contributed by atoms with Gasteiger partial charge in [0.15, 0.2) is 5.96 Å². The lowest BCUT2D eigenvalue weighted by Crippen LogP contribution is -2.45. The molecule has 1 aromatic carbocycles. The van der Waals surface area contributed by atoms with Crippen molar-refractivity contribution in [2.45, 2.75) is 57.5 Å². The molecule has 2 aliphatic rings. The minimum atomic E-state index is -0.0796. The standard InChI is InChI=1S/C21H33N3O3/c1-21(10-3-11-27-21)16-24-20(22-2)23-14-17-4-6-18(7-5-17)15-26-19-8-12-25-13-9-19/h4-7,19H,3,8-16H2,1-2H3,(H2,22,23,24). The molecule has 6 nitrogen and oxygen atoms in total. The van der Waals surface area contributed by atoms with Crippen molar-refractivity contribution >= 4 is 5.96 Å². The number of nitrogens with zero attached hydrogens (tertiary/aromatic N) is 1. The molecular weight excluding hydrogens is 342 g/mol. The van der Waals surface area contributed by atoms with Crippen LogP contribution in [0.1, 0.15) is 43.7 Å². The van der Waals surface area contributed by atoms with E-state index in [1.54, 1.807) is 7.05 Å². The second-order valence-electron chi connectivity index (χ2n) is 7.62. The highest BCUT2D eigenvalue weighted by molar-refractivity contribution is 5.79. The quantitative estimate of drug-likeness (QED) is 0.567. The highest BCUT2D eigenvalue weighted by Gasteiger charge is 2.29. The topological polar surface area (TPSA) is 64.1 Å². The van der Waals surface area contributed by atoms with Crippen LogP contribution in [0.4, 0.5) is 0 Å². The summed E-state index contributed by atoms with van der Waals surface area (Å²) < 4.78 is 17.2. The first-order valence-corrected chi connectivity index (χ1v) is 10.0. The Morgan fingerprint density at radius 2 is 1.89 bits per heavy atom. The molecule has 2 aliphatic heterocycles. The Bertz CT molecular complexity index is 591. The third kappa shape index (κ3) is 6.48. The van der Waals surface area contributed by atoms with Gasteiger partial charge in [0.05, 0.1) is 18.3 Å². The highest BCUT2D eigenvalue weighted by atomic mass is 16.5. The highest BCUT2D eigenvalue weighted by Crippen LogP contribution is 2.23. The second-order valence-corrected chi connectivity index (χ2v) is 7.62. The van der Waals surface area contributed by atoms with Crippen molar-refractivity contribution in [3.05, 3.63) is 35.4 Å². The smallest absolute Gasteiger partial charge is 0.191 e. The van der Waals surface area contributed by atoms with Gasteiger partial charge in [0, 0.05) is 40.0 Å². The molecule has 2 saturated heterocycles. The van der Waals surface area contributed by atoms with Crippen molar-refractivity contribution in [1.29, 1.82) is 0 Å². The summed E-state index contributed by atoms with van der Waals surface area (Å²) >= 11 is 0. The zero-order chi connectivity index (χ0) is 19.0. The number of ether oxygens (including phenoxy) is 3. The van der Waals surface area contributed by atoms with Crippen LogP contribution >= 0.6 is 0 Å². The van der Waals surface area contributed by atoms with Gasteiger partial charge >= 0.3 is 0 Å². The molecule has 0 aromatic heterocycles. The second kappa shape index (κ2) is 10.1. The van der Waals surface area contributed by atoms with Crippen molar-refractivity contribution in [3.8, 4) is 0 Å². The Kier molecular flexibility index (Phi) is 7.50. The van der Waals surface area contributed by atoms with Gasteiger partial charge in [-0.25, -0.2) is 0 Å². The fraction of sp³-hybridized carbons (Fsp3) is 0.667. The first-order chi connectivity index (χ1) is 13.2. The number of benzene rings is 1. The first kappa shape index (κ1) is 20.1. The number of guanidine groups is 1. The molecule has 0 saturated carbocycles. The zero-order valence-corrected chi connectivity index (χ0v) is 16.6. The predicted octanol–water partition coefficient (Wildman–Crippen LogP) is 2.62. The van der Waals surface area contributed by atoms with E-state index in [1.165, 1.54) is 11.1 Å². The summed E-state index contributed by atoms with van der Waals surface area (Å²) in [6, 6.07) is 8.56. The Morgan fingerprint density at radius 3 is 2.56 bits per heavy atom. The Hall–Kier alpha value is -1.63. The molecule has 3 rings (SSSR count). The van der Waals surface area contributed by atoms with E-state index in [0.29, 0.717) is 12.7 Å². The molecule has 0 aliphatic carbocycles. The number of aliphatic imine (C=N–C) groups is 1. The molecule has 27 heavy (non-hydrogen) atoms. The molecule has 0 radical (unpaired) electrons. The number of nitrogens with one attached hydrogen (secondary N) is 2. The summed E-state index contributed by atoms with van der Waals surface area (Å²) in [4.78, 5) is 4.30. The molecule has 2 fully saturated rings. The lowest BCUT2D eigenvalue weighted by Gasteiger charge is -2.24. The van der Waals surface area contributed by atoms with Crippen LogP contribution in [0.2, 0.25) is 0 Å². The Balaban J connectivity index is 1.39. The Labute approximate surface area is 162 Å².